The van der Waals surface area contributed by atoms with E-state index < -0.39 is 29.5 Å². The monoisotopic (exact) mass is 355 g/mol. The summed E-state index contributed by atoms with van der Waals surface area (Å²) >= 11 is 0. The normalized spacial score (nSPS) is 18.3. The Bertz CT molecular complexity index is 613. The number of carbonyl (C=O) groups is 2. The zero-order chi connectivity index (χ0) is 18.7. The van der Waals surface area contributed by atoms with Gasteiger partial charge in [-0.05, 0) is 12.8 Å². The molecule has 1 aliphatic rings. The van der Waals surface area contributed by atoms with Gasteiger partial charge in [0, 0.05) is 19.7 Å². The number of esters is 1. The van der Waals surface area contributed by atoms with Crippen LogP contribution in [0.3, 0.4) is 0 Å². The summed E-state index contributed by atoms with van der Waals surface area (Å²) < 4.78 is 34.1. The molecule has 0 radical (unpaired) electrons. The maximum Gasteiger partial charge on any atom is 0.381 e. The molecule has 1 N–H and O–H groups in total. The molecule has 1 amide bonds. The first kappa shape index (κ1) is 19.3. The second-order valence-electron chi connectivity index (χ2n) is 6.60. The Labute approximate surface area is 145 Å². The molecule has 0 heterocycles. The lowest BCUT2D eigenvalue weighted by Gasteiger charge is -2.37. The van der Waals surface area contributed by atoms with E-state index in [4.69, 9.17) is 4.74 Å². The number of hydrogen-bond donors (Lipinski definition) is 1. The third-order valence-electron chi connectivity index (χ3n) is 4.51. The average Bonchev–Trinajstić information content (AvgIpc) is 2.60. The molecule has 1 aromatic rings. The van der Waals surface area contributed by atoms with Gasteiger partial charge in [0.05, 0.1) is 0 Å². The topological polar surface area (TPSA) is 66.8 Å². The van der Waals surface area contributed by atoms with Gasteiger partial charge in [-0.2, -0.15) is 8.78 Å². The summed E-state index contributed by atoms with van der Waals surface area (Å²) in [5.41, 5.74) is -2.13. The van der Waals surface area contributed by atoms with Crippen LogP contribution < -0.4 is 0 Å². The smallest absolute Gasteiger partial charge is 0.381 e. The molecule has 1 saturated carbocycles. The van der Waals surface area contributed by atoms with Crippen molar-refractivity contribution in [2.24, 2.45) is 0 Å². The molecule has 0 spiro atoms. The predicted molar refractivity (Wildman–Crippen MR) is 87.0 cm³/mol. The van der Waals surface area contributed by atoms with Crippen LogP contribution in [-0.2, 0) is 14.3 Å². The van der Waals surface area contributed by atoms with Gasteiger partial charge in [0.2, 0.25) is 6.10 Å². The van der Waals surface area contributed by atoms with Crippen molar-refractivity contribution in [2.75, 3.05) is 14.1 Å². The van der Waals surface area contributed by atoms with Crippen LogP contribution in [0, 0.1) is 0 Å². The number of alkyl halides is 2. The molecule has 1 aliphatic carbocycles. The minimum Gasteiger partial charge on any atom is -0.443 e. The summed E-state index contributed by atoms with van der Waals surface area (Å²) in [5, 5.41) is 10.3. The number of carbonyl (C=O) groups excluding carboxylic acids is 2. The lowest BCUT2D eigenvalue weighted by Crippen LogP contribution is -2.55. The first-order valence-corrected chi connectivity index (χ1v) is 8.26. The molecule has 7 heteroatoms. The minimum absolute atomic E-state index is 0.174. The summed E-state index contributed by atoms with van der Waals surface area (Å²) in [7, 11) is 2.89. The van der Waals surface area contributed by atoms with Crippen LogP contribution in [-0.4, -0.2) is 47.5 Å². The lowest BCUT2D eigenvalue weighted by molar-refractivity contribution is -0.225. The molecule has 2 rings (SSSR count). The van der Waals surface area contributed by atoms with E-state index in [-0.39, 0.29) is 12.8 Å². The maximum atomic E-state index is 14.6. The first-order chi connectivity index (χ1) is 11.7. The van der Waals surface area contributed by atoms with E-state index in [9.17, 15) is 23.5 Å². The van der Waals surface area contributed by atoms with Crippen molar-refractivity contribution < 1.29 is 28.2 Å². The number of rotatable bonds is 5. The molecule has 0 saturated heterocycles. The highest BCUT2D eigenvalue weighted by Crippen LogP contribution is 2.42. The summed E-state index contributed by atoms with van der Waals surface area (Å²) in [5.74, 6) is -6.58. The van der Waals surface area contributed by atoms with Crippen molar-refractivity contribution in [3.8, 4) is 0 Å². The zero-order valence-corrected chi connectivity index (χ0v) is 14.4. The lowest BCUT2D eigenvalue weighted by atomic mass is 9.80. The highest BCUT2D eigenvalue weighted by atomic mass is 19.3. The molecule has 1 atom stereocenters. The number of aliphatic hydroxyl groups is 1. The van der Waals surface area contributed by atoms with Gasteiger partial charge in [0.25, 0.3) is 5.91 Å². The van der Waals surface area contributed by atoms with Crippen molar-refractivity contribution in [2.45, 2.75) is 49.7 Å². The maximum absolute atomic E-state index is 14.6. The summed E-state index contributed by atoms with van der Waals surface area (Å²) in [4.78, 5) is 25.6. The Balaban J connectivity index is 2.25. The summed E-state index contributed by atoms with van der Waals surface area (Å²) in [6.07, 6.45) is -0.267. The average molecular weight is 355 g/mol. The second kappa shape index (κ2) is 7.47. The predicted octanol–water partition coefficient (Wildman–Crippen LogP) is 2.69. The fourth-order valence-electron chi connectivity index (χ4n) is 2.95. The Morgan fingerprint density at radius 3 is 2.24 bits per heavy atom. The van der Waals surface area contributed by atoms with Crippen LogP contribution in [0.15, 0.2) is 30.3 Å². The molecule has 25 heavy (non-hydrogen) atoms. The van der Waals surface area contributed by atoms with Gasteiger partial charge in [-0.15, -0.1) is 0 Å². The molecular weight excluding hydrogens is 332 g/mol. The Kier molecular flexibility index (Phi) is 5.77. The molecule has 5 nitrogen and oxygen atoms in total. The van der Waals surface area contributed by atoms with Gasteiger partial charge < -0.3 is 14.7 Å². The van der Waals surface area contributed by atoms with Crippen molar-refractivity contribution in [1.82, 2.24) is 4.90 Å². The second-order valence-corrected chi connectivity index (χ2v) is 6.60. The standard InChI is InChI=1S/C18H23F2NO4/c1-21(2)15(22)14(13-9-5-3-6-10-13)25-16(23)18(19,20)17(24)11-7-4-8-12-17/h3,5-6,9-10,14,24H,4,7-8,11-12H2,1-2H3/t14-/m0/s1. The SMILES string of the molecule is CN(C)C(=O)[C@@H](OC(=O)C(F)(F)C1(O)CCCCC1)c1ccccc1. The van der Waals surface area contributed by atoms with Gasteiger partial charge in [-0.25, -0.2) is 4.79 Å². The fourth-order valence-corrected chi connectivity index (χ4v) is 2.95. The van der Waals surface area contributed by atoms with E-state index in [0.717, 1.165) is 6.42 Å². The third-order valence-corrected chi connectivity index (χ3v) is 4.51. The largest absolute Gasteiger partial charge is 0.443 e. The van der Waals surface area contributed by atoms with E-state index in [1.165, 1.54) is 31.1 Å². The van der Waals surface area contributed by atoms with E-state index >= 15 is 0 Å². The van der Waals surface area contributed by atoms with Crippen LogP contribution in [0.5, 0.6) is 0 Å². The highest BCUT2D eigenvalue weighted by molar-refractivity contribution is 5.87. The number of ether oxygens (including phenoxy) is 1. The third kappa shape index (κ3) is 3.98. The van der Waals surface area contributed by atoms with Crippen molar-refractivity contribution in [3.05, 3.63) is 35.9 Å². The number of likely N-dealkylation sites (N-methyl/N-ethyl adjacent to an activating group) is 1. The number of benzene rings is 1. The minimum atomic E-state index is -4.08. The molecule has 138 valence electrons. The molecule has 1 aromatic carbocycles. The van der Waals surface area contributed by atoms with E-state index in [1.54, 1.807) is 18.2 Å². The van der Waals surface area contributed by atoms with Crippen LogP contribution >= 0.6 is 0 Å². The molecule has 0 bridgehead atoms. The quantitative estimate of drug-likeness (QED) is 0.825. The van der Waals surface area contributed by atoms with Gasteiger partial charge in [-0.1, -0.05) is 49.6 Å². The van der Waals surface area contributed by atoms with Gasteiger partial charge in [0.1, 0.15) is 5.60 Å². The molecule has 0 aliphatic heterocycles. The number of amides is 1. The first-order valence-electron chi connectivity index (χ1n) is 8.26. The van der Waals surface area contributed by atoms with Crippen molar-refractivity contribution >= 4 is 11.9 Å². The van der Waals surface area contributed by atoms with Crippen LogP contribution in [0.4, 0.5) is 8.78 Å². The Morgan fingerprint density at radius 2 is 1.72 bits per heavy atom. The number of halogens is 2. The molecule has 0 aromatic heterocycles. The van der Waals surface area contributed by atoms with Gasteiger partial charge >= 0.3 is 11.9 Å². The Morgan fingerprint density at radius 1 is 1.16 bits per heavy atom. The fraction of sp³-hybridized carbons (Fsp3) is 0.556. The number of hydrogen-bond acceptors (Lipinski definition) is 4. The van der Waals surface area contributed by atoms with Crippen LogP contribution in [0.1, 0.15) is 43.8 Å². The van der Waals surface area contributed by atoms with Crippen LogP contribution in [0.2, 0.25) is 0 Å². The summed E-state index contributed by atoms with van der Waals surface area (Å²) in [6, 6.07) is 7.97. The van der Waals surface area contributed by atoms with E-state index in [0.29, 0.717) is 18.4 Å². The molecule has 0 unspecified atom stereocenters. The van der Waals surface area contributed by atoms with E-state index in [1.807, 2.05) is 0 Å². The molecule has 1 fully saturated rings. The highest BCUT2D eigenvalue weighted by Gasteiger charge is 2.60. The Hall–Kier alpha value is -2.02. The van der Waals surface area contributed by atoms with Crippen molar-refractivity contribution in [3.63, 3.8) is 0 Å². The summed E-state index contributed by atoms with van der Waals surface area (Å²) in [6.45, 7) is 0. The van der Waals surface area contributed by atoms with Gasteiger partial charge in [0.15, 0.2) is 0 Å². The molecular formula is C18H23F2NO4. The van der Waals surface area contributed by atoms with Crippen LogP contribution in [0.25, 0.3) is 0 Å². The zero-order valence-electron chi connectivity index (χ0n) is 14.4. The van der Waals surface area contributed by atoms with E-state index in [2.05, 4.69) is 0 Å². The number of nitrogens with zero attached hydrogens (tertiary/aromatic N) is 1. The van der Waals surface area contributed by atoms with Crippen molar-refractivity contribution in [1.29, 1.82) is 0 Å². The van der Waals surface area contributed by atoms with Gasteiger partial charge in [-0.3, -0.25) is 4.79 Å².